The maximum absolute atomic E-state index is 12.4. The topological polar surface area (TPSA) is 105 Å². The Balaban J connectivity index is 1.38. The number of carbonyl (C=O) groups excluding carboxylic acids is 1. The van der Waals surface area contributed by atoms with Crippen molar-refractivity contribution in [2.45, 2.75) is 26.2 Å². The van der Waals surface area contributed by atoms with Crippen LogP contribution >= 0.6 is 11.7 Å². The molecule has 1 fully saturated rings. The summed E-state index contributed by atoms with van der Waals surface area (Å²) in [5.74, 6) is 1.69. The molecule has 3 aromatic rings. The minimum Gasteiger partial charge on any atom is -0.464 e. The molecule has 1 aliphatic rings. The Bertz CT molecular complexity index is 1000. The maximum atomic E-state index is 12.4. The second-order valence-electron chi connectivity index (χ2n) is 7.90. The van der Waals surface area contributed by atoms with Gasteiger partial charge in [-0.15, -0.1) is 4.37 Å². The van der Waals surface area contributed by atoms with Gasteiger partial charge in [-0.2, -0.15) is 4.37 Å². The number of nitrogens with zero attached hydrogens (tertiary/aromatic N) is 4. The van der Waals surface area contributed by atoms with Crippen molar-refractivity contribution in [2.24, 2.45) is 0 Å². The molecule has 0 aliphatic carbocycles. The SMILES string of the molecule is CC(C)(C)c1nc2ccc(NC(=O)COc3nsnc3N3CCOCC3)cc2[nH]1. The van der Waals surface area contributed by atoms with Gasteiger partial charge in [0.1, 0.15) is 5.82 Å². The van der Waals surface area contributed by atoms with Gasteiger partial charge in [-0.25, -0.2) is 4.98 Å². The lowest BCUT2D eigenvalue weighted by Crippen LogP contribution is -2.36. The van der Waals surface area contributed by atoms with Crippen LogP contribution in [0.5, 0.6) is 5.88 Å². The zero-order chi connectivity index (χ0) is 20.4. The van der Waals surface area contributed by atoms with E-state index in [9.17, 15) is 4.79 Å². The number of rotatable bonds is 5. The van der Waals surface area contributed by atoms with E-state index in [0.717, 1.165) is 41.7 Å². The lowest BCUT2D eigenvalue weighted by Gasteiger charge is -2.26. The summed E-state index contributed by atoms with van der Waals surface area (Å²) in [7, 11) is 0. The van der Waals surface area contributed by atoms with Crippen molar-refractivity contribution in [3.8, 4) is 5.88 Å². The first kappa shape index (κ1) is 19.6. The van der Waals surface area contributed by atoms with E-state index in [-0.39, 0.29) is 17.9 Å². The van der Waals surface area contributed by atoms with Crippen LogP contribution in [0.25, 0.3) is 11.0 Å². The average molecular weight is 417 g/mol. The van der Waals surface area contributed by atoms with E-state index in [1.807, 2.05) is 18.2 Å². The van der Waals surface area contributed by atoms with Crippen molar-refractivity contribution in [1.29, 1.82) is 0 Å². The number of imidazole rings is 1. The van der Waals surface area contributed by atoms with Gasteiger partial charge in [0.15, 0.2) is 6.61 Å². The number of hydrogen-bond donors (Lipinski definition) is 2. The Hall–Kier alpha value is -2.72. The Labute approximate surface area is 172 Å². The number of aromatic nitrogens is 4. The number of carbonyl (C=O) groups is 1. The molecule has 0 bridgehead atoms. The van der Waals surface area contributed by atoms with E-state index in [1.54, 1.807) is 0 Å². The van der Waals surface area contributed by atoms with Crippen molar-refractivity contribution in [1.82, 2.24) is 18.7 Å². The van der Waals surface area contributed by atoms with Crippen LogP contribution in [0.15, 0.2) is 18.2 Å². The van der Waals surface area contributed by atoms with Crippen LogP contribution in [-0.2, 0) is 14.9 Å². The molecule has 1 amide bonds. The zero-order valence-electron chi connectivity index (χ0n) is 16.7. The van der Waals surface area contributed by atoms with Crippen LogP contribution in [0.3, 0.4) is 0 Å². The monoisotopic (exact) mass is 416 g/mol. The highest BCUT2D eigenvalue weighted by molar-refractivity contribution is 6.99. The fourth-order valence-corrected chi connectivity index (χ4v) is 3.53. The summed E-state index contributed by atoms with van der Waals surface area (Å²) in [6.45, 7) is 8.91. The van der Waals surface area contributed by atoms with Gasteiger partial charge in [0.05, 0.1) is 36.0 Å². The van der Waals surface area contributed by atoms with E-state index < -0.39 is 0 Å². The normalized spacial score (nSPS) is 14.9. The molecule has 4 rings (SSSR count). The summed E-state index contributed by atoms with van der Waals surface area (Å²) in [5, 5.41) is 2.85. The van der Waals surface area contributed by atoms with Gasteiger partial charge in [-0.05, 0) is 18.2 Å². The van der Waals surface area contributed by atoms with E-state index in [0.29, 0.717) is 30.6 Å². The highest BCUT2D eigenvalue weighted by Crippen LogP contribution is 2.27. The number of aromatic amines is 1. The van der Waals surface area contributed by atoms with Crippen molar-refractivity contribution in [3.05, 3.63) is 24.0 Å². The van der Waals surface area contributed by atoms with Gasteiger partial charge in [-0.3, -0.25) is 4.79 Å². The van der Waals surface area contributed by atoms with Crippen LogP contribution < -0.4 is 15.0 Å². The molecule has 0 radical (unpaired) electrons. The van der Waals surface area contributed by atoms with Gasteiger partial charge in [0, 0.05) is 24.2 Å². The van der Waals surface area contributed by atoms with Gasteiger partial charge in [0.25, 0.3) is 11.8 Å². The molecule has 9 nitrogen and oxygen atoms in total. The average Bonchev–Trinajstić information content (AvgIpc) is 3.33. The smallest absolute Gasteiger partial charge is 0.271 e. The largest absolute Gasteiger partial charge is 0.464 e. The van der Waals surface area contributed by atoms with E-state index in [4.69, 9.17) is 9.47 Å². The van der Waals surface area contributed by atoms with Crippen LogP contribution in [0, 0.1) is 0 Å². The Morgan fingerprint density at radius 2 is 2.10 bits per heavy atom. The van der Waals surface area contributed by atoms with Gasteiger partial charge in [-0.1, -0.05) is 20.8 Å². The van der Waals surface area contributed by atoms with Crippen molar-refractivity contribution in [2.75, 3.05) is 43.1 Å². The molecule has 1 aromatic carbocycles. The first-order chi connectivity index (χ1) is 13.9. The molecule has 1 aliphatic heterocycles. The Kier molecular flexibility index (Phi) is 5.37. The van der Waals surface area contributed by atoms with Crippen LogP contribution in [0.2, 0.25) is 0 Å². The molecule has 154 valence electrons. The third-order valence-corrected chi connectivity index (χ3v) is 5.07. The number of amides is 1. The van der Waals surface area contributed by atoms with Gasteiger partial charge < -0.3 is 24.7 Å². The molecule has 2 aromatic heterocycles. The molecule has 2 N–H and O–H groups in total. The minimum absolute atomic E-state index is 0.0734. The molecule has 0 spiro atoms. The number of fused-ring (bicyclic) bond motifs is 1. The highest BCUT2D eigenvalue weighted by atomic mass is 32.1. The van der Waals surface area contributed by atoms with Crippen molar-refractivity contribution in [3.63, 3.8) is 0 Å². The summed E-state index contributed by atoms with van der Waals surface area (Å²) in [5.41, 5.74) is 2.36. The lowest BCUT2D eigenvalue weighted by atomic mass is 9.96. The van der Waals surface area contributed by atoms with Gasteiger partial charge >= 0.3 is 0 Å². The molecule has 0 atom stereocenters. The fourth-order valence-electron chi connectivity index (χ4n) is 3.01. The first-order valence-corrected chi connectivity index (χ1v) is 10.2. The maximum Gasteiger partial charge on any atom is 0.271 e. The highest BCUT2D eigenvalue weighted by Gasteiger charge is 2.21. The summed E-state index contributed by atoms with van der Waals surface area (Å²) >= 11 is 1.07. The molecule has 3 heterocycles. The third kappa shape index (κ3) is 4.48. The van der Waals surface area contributed by atoms with Crippen LogP contribution in [0.4, 0.5) is 11.5 Å². The number of benzene rings is 1. The molecule has 1 saturated heterocycles. The second-order valence-corrected chi connectivity index (χ2v) is 8.43. The summed E-state index contributed by atoms with van der Waals surface area (Å²) in [4.78, 5) is 22.3. The number of nitrogens with one attached hydrogen (secondary N) is 2. The molecule has 10 heteroatoms. The van der Waals surface area contributed by atoms with E-state index in [2.05, 4.69) is 49.7 Å². The molecule has 0 saturated carbocycles. The number of hydrogen-bond acceptors (Lipinski definition) is 8. The molecular formula is C19H24N6O3S. The number of anilines is 2. The summed E-state index contributed by atoms with van der Waals surface area (Å²) in [6, 6.07) is 5.59. The Morgan fingerprint density at radius 3 is 2.86 bits per heavy atom. The number of H-pyrrole nitrogens is 1. The number of morpholine rings is 1. The summed E-state index contributed by atoms with van der Waals surface area (Å²) in [6.07, 6.45) is 0. The quantitative estimate of drug-likeness (QED) is 0.658. The minimum atomic E-state index is -0.263. The summed E-state index contributed by atoms with van der Waals surface area (Å²) < 4.78 is 19.4. The zero-order valence-corrected chi connectivity index (χ0v) is 17.5. The molecule has 0 unspecified atom stereocenters. The number of ether oxygens (including phenoxy) is 2. The van der Waals surface area contributed by atoms with E-state index in [1.165, 1.54) is 0 Å². The standard InChI is InChI=1S/C19H24N6O3S/c1-19(2,3)18-21-13-5-4-12(10-14(13)22-18)20-15(26)11-28-17-16(23-29-24-17)25-6-8-27-9-7-25/h4-5,10H,6-9,11H2,1-3H3,(H,20,26)(H,21,22). The molecular weight excluding hydrogens is 392 g/mol. The second kappa shape index (κ2) is 7.96. The van der Waals surface area contributed by atoms with Crippen LogP contribution in [0.1, 0.15) is 26.6 Å². The van der Waals surface area contributed by atoms with Crippen molar-refractivity contribution >= 4 is 40.2 Å². The van der Waals surface area contributed by atoms with E-state index >= 15 is 0 Å². The third-order valence-electron chi connectivity index (χ3n) is 4.57. The predicted octanol–water partition coefficient (Wildman–Crippen LogP) is 2.57. The Morgan fingerprint density at radius 1 is 1.31 bits per heavy atom. The first-order valence-electron chi connectivity index (χ1n) is 9.48. The van der Waals surface area contributed by atoms with Crippen LogP contribution in [-0.4, -0.2) is 57.5 Å². The molecule has 29 heavy (non-hydrogen) atoms. The predicted molar refractivity (Wildman–Crippen MR) is 112 cm³/mol. The fraction of sp³-hybridized carbons (Fsp3) is 0.474. The van der Waals surface area contributed by atoms with Gasteiger partial charge in [0.2, 0.25) is 5.82 Å². The van der Waals surface area contributed by atoms with Crippen molar-refractivity contribution < 1.29 is 14.3 Å². The lowest BCUT2D eigenvalue weighted by molar-refractivity contribution is -0.118.